The van der Waals surface area contributed by atoms with Crippen LogP contribution >= 0.6 is 0 Å². The normalized spacial score (nSPS) is 10.2. The molecule has 0 aliphatic rings. The van der Waals surface area contributed by atoms with Crippen molar-refractivity contribution >= 4 is 43.6 Å². The number of furan rings is 1. The van der Waals surface area contributed by atoms with Crippen molar-refractivity contribution in [2.24, 2.45) is 0 Å². The molecule has 4 radical (unpaired) electrons. The summed E-state index contributed by atoms with van der Waals surface area (Å²) in [6, 6.07) is 168. The van der Waals surface area contributed by atoms with Crippen molar-refractivity contribution in [1.82, 2.24) is 44.9 Å². The smallest absolute Gasteiger partial charge is 0.229 e. The Kier molecular flexibility index (Phi) is 39.1. The van der Waals surface area contributed by atoms with Crippen LogP contribution in [0.1, 0.15) is 22.3 Å². The third-order valence-electron chi connectivity index (χ3n) is 22.4. The van der Waals surface area contributed by atoms with Crippen LogP contribution in [0.2, 0.25) is 0 Å². The first-order valence-electron chi connectivity index (χ1n) is 45.2. The van der Waals surface area contributed by atoms with Gasteiger partial charge in [0.15, 0.2) is 5.58 Å². The Morgan fingerprint density at radius 3 is 0.930 bits per heavy atom. The number of rotatable bonds is 12. The minimum absolute atomic E-state index is 0. The Labute approximate surface area is 883 Å². The van der Waals surface area contributed by atoms with Crippen molar-refractivity contribution in [3.05, 3.63) is 551 Å². The monoisotopic (exact) mass is 2550 g/mol. The zero-order valence-electron chi connectivity index (χ0n) is 77.8. The van der Waals surface area contributed by atoms with Crippen molar-refractivity contribution < 1.29 is 89.3 Å². The summed E-state index contributed by atoms with van der Waals surface area (Å²) in [6.45, 7) is 8.36. The Morgan fingerprint density at radius 2 is 0.549 bits per heavy atom. The predicted molar refractivity (Wildman–Crippen MR) is 561 cm³/mol. The van der Waals surface area contributed by atoms with E-state index in [9.17, 15) is 0 Å². The molecule has 0 spiro atoms. The van der Waals surface area contributed by atoms with Gasteiger partial charge in [-0.1, -0.05) is 175 Å². The molecule has 24 rings (SSSR count). The largest absolute Gasteiger partial charge is 0.456 e. The molecule has 0 fully saturated rings. The molecule has 11 nitrogen and oxygen atoms in total. The summed E-state index contributed by atoms with van der Waals surface area (Å²) < 4.78 is 11.8. The van der Waals surface area contributed by atoms with E-state index in [4.69, 9.17) is 8.83 Å². The average Bonchev–Trinajstić information content (AvgIpc) is 1.60. The van der Waals surface area contributed by atoms with Crippen molar-refractivity contribution in [1.29, 1.82) is 0 Å². The van der Waals surface area contributed by atoms with Gasteiger partial charge in [-0.25, -0.2) is 4.98 Å². The molecule has 0 amide bonds. The van der Waals surface area contributed by atoms with Crippen LogP contribution < -0.4 is 0 Å². The zero-order chi connectivity index (χ0) is 94.1. The standard InChI is InChI=1S/2C22H16N.C20H14NO.C19H13N2O.4C11H8N.4Ir/c1-16-15-23-22(18-8-3-2-4-9-18)14-21(16)20-12-11-17-7-5-6-10-19(17)13-20;1-16-21(13-14-23-22(16)18-8-3-2-4-9-18)20-12-11-17-7-5-6-10-19(17)15-20;1-14-11-18(15-7-3-2-4-8-15)21-13-17(14)20-12-16-9-5-6-10-19(16)22-20;1-13-11-17(14-7-3-2-4-8-14)20-12-15(13)19-21-16-9-5-6-10-18(16)22-19;4*1-2-6-10(7-3-1)11-8-4-5-9-12-11;;;;/h2*2-8,10-15H,1H3;2-7,9-13H,1H3;2-7,9-12H,1H3;4*1-6,8-9H;;;;/q8*-1;;;;. The number of aromatic nitrogens is 9. The van der Waals surface area contributed by atoms with Gasteiger partial charge < -0.3 is 48.7 Å². The molecule has 15 heteroatoms. The van der Waals surface area contributed by atoms with Crippen LogP contribution in [-0.2, 0) is 80.4 Å². The van der Waals surface area contributed by atoms with Gasteiger partial charge in [-0.2, -0.15) is 0 Å². The van der Waals surface area contributed by atoms with Crippen LogP contribution in [0.4, 0.5) is 0 Å². The molecule has 24 aromatic rings. The molecule has 0 saturated heterocycles. The Hall–Kier alpha value is -15.6. The van der Waals surface area contributed by atoms with E-state index in [-0.39, 0.29) is 80.4 Å². The number of pyridine rings is 8. The van der Waals surface area contributed by atoms with E-state index >= 15 is 0 Å². The maximum Gasteiger partial charge on any atom is 0.229 e. The quantitative estimate of drug-likeness (QED) is 0.108. The fourth-order valence-electron chi connectivity index (χ4n) is 15.3. The summed E-state index contributed by atoms with van der Waals surface area (Å²) in [5.41, 5.74) is 29.8. The summed E-state index contributed by atoms with van der Waals surface area (Å²) in [6.07, 6.45) is 14.7. The van der Waals surface area contributed by atoms with E-state index in [0.717, 1.165) is 140 Å². The van der Waals surface area contributed by atoms with Gasteiger partial charge >= 0.3 is 0 Å². The van der Waals surface area contributed by atoms with E-state index in [0.29, 0.717) is 5.89 Å². The van der Waals surface area contributed by atoms with E-state index in [2.05, 4.69) is 235 Å². The topological polar surface area (TPSA) is 142 Å². The summed E-state index contributed by atoms with van der Waals surface area (Å²) in [7, 11) is 0. The summed E-state index contributed by atoms with van der Waals surface area (Å²) in [5.74, 6) is 1.46. The van der Waals surface area contributed by atoms with Gasteiger partial charge in [0.2, 0.25) is 5.89 Å². The predicted octanol–water partition coefficient (Wildman–Crippen LogP) is 31.5. The first-order chi connectivity index (χ1) is 68.1. The maximum atomic E-state index is 5.93. The van der Waals surface area contributed by atoms with Gasteiger partial charge in [0.25, 0.3) is 0 Å². The number of aryl methyl sites for hydroxylation is 3. The molecular weight excluding hydrogens is 2450 g/mol. The molecule has 10 heterocycles. The van der Waals surface area contributed by atoms with Gasteiger partial charge in [-0.15, -0.1) is 287 Å². The minimum Gasteiger partial charge on any atom is -0.456 e. The number of oxazole rings is 1. The van der Waals surface area contributed by atoms with Gasteiger partial charge in [0.05, 0.1) is 5.56 Å². The van der Waals surface area contributed by atoms with Crippen molar-refractivity contribution in [2.75, 3.05) is 0 Å². The number of para-hydroxylation sites is 3. The van der Waals surface area contributed by atoms with Crippen LogP contribution in [0.5, 0.6) is 0 Å². The molecule has 0 bridgehead atoms. The van der Waals surface area contributed by atoms with Gasteiger partial charge in [0.1, 0.15) is 16.9 Å². The molecule has 0 saturated carbocycles. The Morgan fingerprint density at radius 1 is 0.211 bits per heavy atom. The van der Waals surface area contributed by atoms with Gasteiger partial charge in [-0.3, -0.25) is 0 Å². The SMILES string of the molecule is Cc1c(-c2ccc3ccccc3c2)ccnc1-c1[c-]cccc1.Cc1cc(-c2[c-]cccc2)ncc1-c1cc2ccccc2o1.Cc1cc(-c2[c-]cccc2)ncc1-c1nc2ccccc2o1.Cc1cnc(-c2[c-]cccc2)cc1-c1ccc2ccccc2c1.[Ir].[Ir].[Ir].[Ir].[c-]1ccccc1-c1ccccn1.[c-]1ccccc1-c1ccccn1.[c-]1ccccc1-c1ccccn1.[c-]1ccccc1-c1ccccn1. The Balaban J connectivity index is 0.000000138. The number of hydrogen-bond donors (Lipinski definition) is 0. The minimum atomic E-state index is 0. The number of nitrogens with zero attached hydrogens (tertiary/aromatic N) is 9. The molecule has 0 atom stereocenters. The van der Waals surface area contributed by atoms with Crippen LogP contribution in [0.15, 0.2) is 489 Å². The van der Waals surface area contributed by atoms with Crippen LogP contribution in [0.3, 0.4) is 0 Å². The summed E-state index contributed by atoms with van der Waals surface area (Å²) >= 11 is 0. The molecule has 0 aliphatic heterocycles. The third-order valence-corrected chi connectivity index (χ3v) is 22.4. The van der Waals surface area contributed by atoms with E-state index in [1.165, 1.54) is 54.9 Å². The van der Waals surface area contributed by atoms with E-state index in [1.807, 2.05) is 341 Å². The maximum absolute atomic E-state index is 5.93. The summed E-state index contributed by atoms with van der Waals surface area (Å²) in [4.78, 5) is 39.6. The van der Waals surface area contributed by atoms with Gasteiger partial charge in [-0.05, 0) is 200 Å². The van der Waals surface area contributed by atoms with E-state index < -0.39 is 0 Å². The molecule has 0 N–H and O–H groups in total. The van der Waals surface area contributed by atoms with E-state index in [1.54, 1.807) is 24.8 Å². The number of fused-ring (bicyclic) bond motifs is 4. The second kappa shape index (κ2) is 53.5. The van der Waals surface area contributed by atoms with Crippen molar-refractivity contribution in [3.63, 3.8) is 0 Å². The van der Waals surface area contributed by atoms with Crippen LogP contribution in [0, 0.1) is 76.2 Å². The molecule has 0 aliphatic carbocycles. The second-order valence-corrected chi connectivity index (χ2v) is 31.8. The molecule has 10 aromatic heterocycles. The second-order valence-electron chi connectivity index (χ2n) is 31.8. The summed E-state index contributed by atoms with van der Waals surface area (Å²) in [5, 5.41) is 6.15. The van der Waals surface area contributed by atoms with Crippen LogP contribution in [0.25, 0.3) is 179 Å². The number of hydrogen-bond acceptors (Lipinski definition) is 11. The fraction of sp³-hybridized carbons (Fsp3) is 0.0315. The molecule has 700 valence electrons. The average molecular weight is 2540 g/mol. The van der Waals surface area contributed by atoms with Gasteiger partial charge in [0, 0.05) is 141 Å². The van der Waals surface area contributed by atoms with Crippen molar-refractivity contribution in [2.45, 2.75) is 27.7 Å². The van der Waals surface area contributed by atoms with Crippen molar-refractivity contribution in [3.8, 4) is 135 Å². The van der Waals surface area contributed by atoms with Crippen LogP contribution in [-0.4, -0.2) is 44.9 Å². The number of benzene rings is 14. The fourth-order valence-corrected chi connectivity index (χ4v) is 15.3. The first kappa shape index (κ1) is 104. The molecule has 0 unspecified atom stereocenters. The third kappa shape index (κ3) is 28.2. The molecule has 14 aromatic carbocycles. The molecule has 142 heavy (non-hydrogen) atoms. The molecular formula is C127H91Ir4N9O2-8. The Bertz CT molecular complexity index is 7210. The zero-order valence-corrected chi connectivity index (χ0v) is 87.4. The first-order valence-corrected chi connectivity index (χ1v) is 45.2.